The second-order valence-corrected chi connectivity index (χ2v) is 7.96. The van der Waals surface area contributed by atoms with E-state index in [4.69, 9.17) is 0 Å². The summed E-state index contributed by atoms with van der Waals surface area (Å²) in [7, 11) is 0. The molecule has 0 saturated carbocycles. The molecule has 0 aliphatic carbocycles. The summed E-state index contributed by atoms with van der Waals surface area (Å²) in [6.07, 6.45) is 2.56. The van der Waals surface area contributed by atoms with Gasteiger partial charge in [-0.3, -0.25) is 9.59 Å². The molecule has 1 heterocycles. The Morgan fingerprint density at radius 2 is 1.93 bits per heavy atom. The summed E-state index contributed by atoms with van der Waals surface area (Å²) in [4.78, 5) is 30.3. The van der Waals surface area contributed by atoms with Crippen LogP contribution in [0.3, 0.4) is 0 Å². The molecule has 29 heavy (non-hydrogen) atoms. The number of nitrogens with zero attached hydrogens (tertiary/aromatic N) is 2. The summed E-state index contributed by atoms with van der Waals surface area (Å²) in [6, 6.07) is 15.5. The van der Waals surface area contributed by atoms with Crippen LogP contribution >= 0.6 is 11.8 Å². The SMILES string of the molecule is CSc1cccc(NC(=O)Cn2c(CCNC(=O)C(C)C)nc3ccccc32)c1. The van der Waals surface area contributed by atoms with Crippen molar-refractivity contribution in [3.63, 3.8) is 0 Å². The number of carbonyl (C=O) groups is 2. The molecular weight excluding hydrogens is 384 g/mol. The summed E-state index contributed by atoms with van der Waals surface area (Å²) in [6.45, 7) is 4.37. The summed E-state index contributed by atoms with van der Waals surface area (Å²) >= 11 is 1.63. The van der Waals surface area contributed by atoms with Crippen LogP contribution in [0.2, 0.25) is 0 Å². The molecule has 0 unspecified atom stereocenters. The third-order valence-corrected chi connectivity index (χ3v) is 5.29. The highest BCUT2D eigenvalue weighted by Gasteiger charge is 2.14. The zero-order valence-electron chi connectivity index (χ0n) is 16.9. The molecule has 2 amide bonds. The van der Waals surface area contributed by atoms with E-state index >= 15 is 0 Å². The van der Waals surface area contributed by atoms with Gasteiger partial charge < -0.3 is 15.2 Å². The first-order chi connectivity index (χ1) is 14.0. The third-order valence-electron chi connectivity index (χ3n) is 4.56. The van der Waals surface area contributed by atoms with E-state index in [1.165, 1.54) is 0 Å². The number of anilines is 1. The van der Waals surface area contributed by atoms with Crippen LogP contribution in [0.1, 0.15) is 19.7 Å². The number of fused-ring (bicyclic) bond motifs is 1. The minimum absolute atomic E-state index is 0.0130. The number of rotatable bonds is 8. The standard InChI is InChI=1S/C22H26N4O2S/c1-15(2)22(28)23-12-11-20-25-18-9-4-5-10-19(18)26(20)14-21(27)24-16-7-6-8-17(13-16)29-3/h4-10,13,15H,11-12,14H2,1-3H3,(H,23,28)(H,24,27). The van der Waals surface area contributed by atoms with Crippen LogP contribution in [0.25, 0.3) is 11.0 Å². The van der Waals surface area contributed by atoms with Gasteiger partial charge in [0.2, 0.25) is 11.8 Å². The predicted octanol–water partition coefficient (Wildman–Crippen LogP) is 3.71. The molecule has 3 rings (SSSR count). The lowest BCUT2D eigenvalue weighted by Gasteiger charge is -2.12. The van der Waals surface area contributed by atoms with Crippen molar-refractivity contribution >= 4 is 40.3 Å². The predicted molar refractivity (Wildman–Crippen MR) is 118 cm³/mol. The fourth-order valence-corrected chi connectivity index (χ4v) is 3.50. The van der Waals surface area contributed by atoms with Crippen molar-refractivity contribution in [1.82, 2.24) is 14.9 Å². The molecule has 0 spiro atoms. The molecule has 0 saturated heterocycles. The van der Waals surface area contributed by atoms with E-state index in [9.17, 15) is 9.59 Å². The van der Waals surface area contributed by atoms with Gasteiger partial charge in [-0.2, -0.15) is 0 Å². The molecule has 2 N–H and O–H groups in total. The van der Waals surface area contributed by atoms with Crippen molar-refractivity contribution in [2.24, 2.45) is 5.92 Å². The van der Waals surface area contributed by atoms with Crippen molar-refractivity contribution in [2.45, 2.75) is 31.7 Å². The zero-order valence-corrected chi connectivity index (χ0v) is 17.8. The quantitative estimate of drug-likeness (QED) is 0.555. The fourth-order valence-electron chi connectivity index (χ4n) is 3.04. The van der Waals surface area contributed by atoms with Crippen molar-refractivity contribution in [3.05, 3.63) is 54.4 Å². The zero-order chi connectivity index (χ0) is 20.8. The Morgan fingerprint density at radius 1 is 1.14 bits per heavy atom. The van der Waals surface area contributed by atoms with E-state index in [0.29, 0.717) is 13.0 Å². The largest absolute Gasteiger partial charge is 0.355 e. The number of carbonyl (C=O) groups excluding carboxylic acids is 2. The Labute approximate surface area is 175 Å². The summed E-state index contributed by atoms with van der Waals surface area (Å²) in [5, 5.41) is 5.88. The number of amides is 2. The average molecular weight is 411 g/mol. The molecule has 0 fully saturated rings. The number of benzene rings is 2. The highest BCUT2D eigenvalue weighted by atomic mass is 32.2. The first kappa shape index (κ1) is 20.9. The Bertz CT molecular complexity index is 1010. The Hall–Kier alpha value is -2.80. The average Bonchev–Trinajstić information content (AvgIpc) is 3.05. The van der Waals surface area contributed by atoms with Crippen LogP contribution in [-0.4, -0.2) is 34.2 Å². The lowest BCUT2D eigenvalue weighted by Crippen LogP contribution is -2.30. The lowest BCUT2D eigenvalue weighted by molar-refractivity contribution is -0.124. The maximum atomic E-state index is 12.7. The van der Waals surface area contributed by atoms with Crippen LogP contribution in [-0.2, 0) is 22.6 Å². The molecule has 0 aliphatic heterocycles. The molecule has 2 aromatic carbocycles. The molecule has 0 bridgehead atoms. The molecule has 3 aromatic rings. The van der Waals surface area contributed by atoms with Gasteiger partial charge in [-0.05, 0) is 36.6 Å². The summed E-state index contributed by atoms with van der Waals surface area (Å²) < 4.78 is 1.92. The van der Waals surface area contributed by atoms with Crippen LogP contribution in [0.4, 0.5) is 5.69 Å². The van der Waals surface area contributed by atoms with E-state index in [0.717, 1.165) is 27.4 Å². The fraction of sp³-hybridized carbons (Fsp3) is 0.318. The van der Waals surface area contributed by atoms with Crippen molar-refractivity contribution in [2.75, 3.05) is 18.1 Å². The Kier molecular flexibility index (Phi) is 6.93. The van der Waals surface area contributed by atoms with Gasteiger partial charge in [0.1, 0.15) is 12.4 Å². The van der Waals surface area contributed by atoms with Gasteiger partial charge in [-0.1, -0.05) is 32.0 Å². The van der Waals surface area contributed by atoms with Crippen LogP contribution in [0, 0.1) is 5.92 Å². The molecule has 0 atom stereocenters. The first-order valence-electron chi connectivity index (χ1n) is 9.63. The van der Waals surface area contributed by atoms with Gasteiger partial charge in [0, 0.05) is 29.5 Å². The molecule has 6 nitrogen and oxygen atoms in total. The van der Waals surface area contributed by atoms with Crippen LogP contribution in [0.5, 0.6) is 0 Å². The normalized spacial score (nSPS) is 11.0. The number of hydrogen-bond donors (Lipinski definition) is 2. The maximum absolute atomic E-state index is 12.7. The highest BCUT2D eigenvalue weighted by Crippen LogP contribution is 2.20. The Balaban J connectivity index is 1.76. The van der Waals surface area contributed by atoms with Crippen LogP contribution < -0.4 is 10.6 Å². The molecule has 1 aromatic heterocycles. The number of thioether (sulfide) groups is 1. The number of imidazole rings is 1. The smallest absolute Gasteiger partial charge is 0.244 e. The lowest BCUT2D eigenvalue weighted by atomic mass is 10.2. The van der Waals surface area contributed by atoms with Crippen molar-refractivity contribution in [1.29, 1.82) is 0 Å². The van der Waals surface area contributed by atoms with Gasteiger partial charge in [-0.25, -0.2) is 4.98 Å². The van der Waals surface area contributed by atoms with Gasteiger partial charge in [0.05, 0.1) is 11.0 Å². The van der Waals surface area contributed by atoms with Crippen LogP contribution in [0.15, 0.2) is 53.4 Å². The first-order valence-corrected chi connectivity index (χ1v) is 10.9. The second kappa shape index (κ2) is 9.60. The van der Waals surface area contributed by atoms with E-state index < -0.39 is 0 Å². The highest BCUT2D eigenvalue weighted by molar-refractivity contribution is 7.98. The number of hydrogen-bond acceptors (Lipinski definition) is 4. The topological polar surface area (TPSA) is 76.0 Å². The van der Waals surface area contributed by atoms with E-state index in [1.54, 1.807) is 11.8 Å². The van der Waals surface area contributed by atoms with E-state index in [-0.39, 0.29) is 24.3 Å². The number of para-hydroxylation sites is 2. The number of nitrogens with one attached hydrogen (secondary N) is 2. The minimum atomic E-state index is -0.112. The van der Waals surface area contributed by atoms with Gasteiger partial charge >= 0.3 is 0 Å². The molecular formula is C22H26N4O2S. The molecule has 7 heteroatoms. The summed E-state index contributed by atoms with van der Waals surface area (Å²) in [5.41, 5.74) is 2.53. The molecule has 0 radical (unpaired) electrons. The van der Waals surface area contributed by atoms with Gasteiger partial charge in [0.15, 0.2) is 0 Å². The van der Waals surface area contributed by atoms with E-state index in [1.807, 2.05) is 73.2 Å². The monoisotopic (exact) mass is 410 g/mol. The molecule has 0 aliphatic rings. The van der Waals surface area contributed by atoms with Gasteiger partial charge in [0.25, 0.3) is 0 Å². The number of aromatic nitrogens is 2. The Morgan fingerprint density at radius 3 is 2.69 bits per heavy atom. The second-order valence-electron chi connectivity index (χ2n) is 7.08. The van der Waals surface area contributed by atoms with Gasteiger partial charge in [-0.15, -0.1) is 11.8 Å². The van der Waals surface area contributed by atoms with Crippen molar-refractivity contribution < 1.29 is 9.59 Å². The van der Waals surface area contributed by atoms with E-state index in [2.05, 4.69) is 15.6 Å². The molecule has 152 valence electrons. The minimum Gasteiger partial charge on any atom is -0.355 e. The third kappa shape index (κ3) is 5.38. The van der Waals surface area contributed by atoms with Crippen molar-refractivity contribution in [3.8, 4) is 0 Å². The maximum Gasteiger partial charge on any atom is 0.244 e. The summed E-state index contributed by atoms with van der Waals surface area (Å²) in [5.74, 6) is 0.623.